The van der Waals surface area contributed by atoms with Crippen LogP contribution in [0.2, 0.25) is 5.02 Å². The minimum Gasteiger partial charge on any atom is -0.497 e. The Balaban J connectivity index is 1.88. The molecule has 146 valence electrons. The van der Waals surface area contributed by atoms with E-state index in [1.807, 2.05) is 0 Å². The fourth-order valence-corrected chi connectivity index (χ4v) is 3.03. The van der Waals surface area contributed by atoms with E-state index in [9.17, 15) is 9.59 Å². The van der Waals surface area contributed by atoms with Crippen molar-refractivity contribution in [2.24, 2.45) is 0 Å². The second kappa shape index (κ2) is 7.48. The molecule has 0 spiro atoms. The van der Waals surface area contributed by atoms with Crippen molar-refractivity contribution >= 4 is 28.5 Å². The monoisotopic (exact) mass is 410 g/mol. The zero-order valence-electron chi connectivity index (χ0n) is 15.5. The molecule has 0 saturated carbocycles. The number of ether oxygens (including phenoxy) is 2. The predicted molar refractivity (Wildman–Crippen MR) is 108 cm³/mol. The molecule has 4 rings (SSSR count). The highest BCUT2D eigenvalue weighted by Gasteiger charge is 2.23. The van der Waals surface area contributed by atoms with E-state index in [0.717, 1.165) is 5.56 Å². The average Bonchev–Trinajstić information content (AvgIpc) is 3.26. The maximum Gasteiger partial charge on any atom is 0.343 e. The summed E-state index contributed by atoms with van der Waals surface area (Å²) in [5, 5.41) is 0.602. The van der Waals surface area contributed by atoms with Crippen LogP contribution in [0.3, 0.4) is 0 Å². The molecule has 0 amide bonds. The lowest BCUT2D eigenvalue weighted by atomic mass is 10.1. The standard InChI is InChI=1S/C22H15ClO6/c1-12-9-18-15(11-16(12)23)19(24)21(20(28-18)17-7-4-8-27-17)29-22(25)13-5-3-6-14(10-13)26-2/h3-11H,1-2H3. The lowest BCUT2D eigenvalue weighted by molar-refractivity contribution is 0.0730. The summed E-state index contributed by atoms with van der Waals surface area (Å²) in [6, 6.07) is 12.8. The lowest BCUT2D eigenvalue weighted by Crippen LogP contribution is -2.16. The molecule has 0 N–H and O–H groups in total. The first-order valence-electron chi connectivity index (χ1n) is 8.65. The zero-order valence-corrected chi connectivity index (χ0v) is 16.3. The Morgan fingerprint density at radius 1 is 1.10 bits per heavy atom. The van der Waals surface area contributed by atoms with Gasteiger partial charge in [-0.15, -0.1) is 0 Å². The van der Waals surface area contributed by atoms with Gasteiger partial charge in [-0.3, -0.25) is 4.79 Å². The number of carbonyl (C=O) groups is 1. The third-order valence-electron chi connectivity index (χ3n) is 4.38. The molecule has 0 unspecified atom stereocenters. The van der Waals surface area contributed by atoms with Crippen molar-refractivity contribution < 1.29 is 23.1 Å². The van der Waals surface area contributed by atoms with Crippen LogP contribution < -0.4 is 14.9 Å². The smallest absolute Gasteiger partial charge is 0.343 e. The summed E-state index contributed by atoms with van der Waals surface area (Å²) < 4.78 is 21.8. The normalized spacial score (nSPS) is 10.9. The molecule has 0 saturated heterocycles. The molecule has 2 heterocycles. The van der Waals surface area contributed by atoms with Gasteiger partial charge in [0.2, 0.25) is 16.9 Å². The van der Waals surface area contributed by atoms with E-state index in [2.05, 4.69) is 0 Å². The number of halogens is 1. The Hall–Kier alpha value is -3.51. The van der Waals surface area contributed by atoms with Crippen molar-refractivity contribution in [1.82, 2.24) is 0 Å². The quantitative estimate of drug-likeness (QED) is 0.428. The molecule has 4 aromatic rings. The highest BCUT2D eigenvalue weighted by molar-refractivity contribution is 6.32. The van der Waals surface area contributed by atoms with Gasteiger partial charge < -0.3 is 18.3 Å². The fourth-order valence-electron chi connectivity index (χ4n) is 2.86. The highest BCUT2D eigenvalue weighted by Crippen LogP contribution is 2.33. The third kappa shape index (κ3) is 3.50. The van der Waals surface area contributed by atoms with Crippen molar-refractivity contribution in [3.8, 4) is 23.0 Å². The van der Waals surface area contributed by atoms with Crippen molar-refractivity contribution in [2.75, 3.05) is 7.11 Å². The Morgan fingerprint density at radius 3 is 2.66 bits per heavy atom. The molecule has 0 aliphatic rings. The summed E-state index contributed by atoms with van der Waals surface area (Å²) in [5.41, 5.74) is 0.741. The molecule has 0 aliphatic heterocycles. The van der Waals surface area contributed by atoms with Gasteiger partial charge in [0.25, 0.3) is 0 Å². The van der Waals surface area contributed by atoms with E-state index in [0.29, 0.717) is 16.4 Å². The summed E-state index contributed by atoms with van der Waals surface area (Å²) >= 11 is 6.17. The molecule has 2 aromatic carbocycles. The van der Waals surface area contributed by atoms with E-state index in [1.165, 1.54) is 25.5 Å². The van der Waals surface area contributed by atoms with Crippen molar-refractivity contribution in [3.63, 3.8) is 0 Å². The Morgan fingerprint density at radius 2 is 1.93 bits per heavy atom. The Bertz CT molecular complexity index is 1270. The van der Waals surface area contributed by atoms with Crippen LogP contribution in [0.1, 0.15) is 15.9 Å². The molecule has 29 heavy (non-hydrogen) atoms. The first-order valence-corrected chi connectivity index (χ1v) is 9.03. The van der Waals surface area contributed by atoms with Gasteiger partial charge in [0.05, 0.1) is 24.3 Å². The molecular weight excluding hydrogens is 396 g/mol. The topological polar surface area (TPSA) is 78.9 Å². The van der Waals surface area contributed by atoms with Crippen LogP contribution in [0.4, 0.5) is 0 Å². The minimum absolute atomic E-state index is 0.0190. The third-order valence-corrected chi connectivity index (χ3v) is 4.78. The number of aryl methyl sites for hydroxylation is 1. The van der Waals surface area contributed by atoms with Crippen molar-refractivity contribution in [3.05, 3.63) is 81.2 Å². The van der Waals surface area contributed by atoms with Gasteiger partial charge in [-0.1, -0.05) is 17.7 Å². The summed E-state index contributed by atoms with van der Waals surface area (Å²) in [5.74, 6) is -0.254. The van der Waals surface area contributed by atoms with Gasteiger partial charge in [0.1, 0.15) is 11.3 Å². The molecule has 2 aromatic heterocycles. The van der Waals surface area contributed by atoms with Crippen molar-refractivity contribution in [2.45, 2.75) is 6.92 Å². The maximum atomic E-state index is 13.1. The zero-order chi connectivity index (χ0) is 20.5. The van der Waals surface area contributed by atoms with Crippen LogP contribution >= 0.6 is 11.6 Å². The number of fused-ring (bicyclic) bond motifs is 1. The van der Waals surface area contributed by atoms with E-state index < -0.39 is 11.4 Å². The van der Waals surface area contributed by atoms with Crippen LogP contribution in [0, 0.1) is 6.92 Å². The van der Waals surface area contributed by atoms with Gasteiger partial charge in [-0.25, -0.2) is 4.79 Å². The van der Waals surface area contributed by atoms with Gasteiger partial charge in [0, 0.05) is 5.02 Å². The number of furan rings is 1. The maximum absolute atomic E-state index is 13.1. The molecular formula is C22H15ClO6. The average molecular weight is 411 g/mol. The molecule has 6 nitrogen and oxygen atoms in total. The van der Waals surface area contributed by atoms with Gasteiger partial charge >= 0.3 is 5.97 Å². The highest BCUT2D eigenvalue weighted by atomic mass is 35.5. The summed E-state index contributed by atoms with van der Waals surface area (Å²) in [6.45, 7) is 1.80. The second-order valence-corrected chi connectivity index (χ2v) is 6.69. The molecule has 0 radical (unpaired) electrons. The summed E-state index contributed by atoms with van der Waals surface area (Å²) in [6.07, 6.45) is 1.43. The first kappa shape index (κ1) is 18.8. The first-order chi connectivity index (χ1) is 14.0. The van der Waals surface area contributed by atoms with Gasteiger partial charge in [0.15, 0.2) is 5.76 Å². The summed E-state index contributed by atoms with van der Waals surface area (Å²) in [4.78, 5) is 25.8. The van der Waals surface area contributed by atoms with E-state index >= 15 is 0 Å². The number of carbonyl (C=O) groups excluding carboxylic acids is 1. The number of hydrogen-bond donors (Lipinski definition) is 0. The Labute approximate surface area is 170 Å². The van der Waals surface area contributed by atoms with E-state index in [-0.39, 0.29) is 28.2 Å². The van der Waals surface area contributed by atoms with Gasteiger partial charge in [-0.05, 0) is 55.0 Å². The van der Waals surface area contributed by atoms with Crippen LogP contribution in [0.15, 0.2) is 68.4 Å². The van der Waals surface area contributed by atoms with E-state index in [4.69, 9.17) is 29.9 Å². The number of rotatable bonds is 4. The van der Waals surface area contributed by atoms with Crippen LogP contribution in [0.5, 0.6) is 11.5 Å². The molecule has 7 heteroatoms. The van der Waals surface area contributed by atoms with Crippen LogP contribution in [-0.4, -0.2) is 13.1 Å². The van der Waals surface area contributed by atoms with Crippen LogP contribution in [-0.2, 0) is 0 Å². The fraction of sp³-hybridized carbons (Fsp3) is 0.0909. The molecule has 0 fully saturated rings. The number of esters is 1. The lowest BCUT2D eigenvalue weighted by Gasteiger charge is -2.10. The molecule has 0 bridgehead atoms. The number of methoxy groups -OCH3 is 1. The number of benzene rings is 2. The summed E-state index contributed by atoms with van der Waals surface area (Å²) in [7, 11) is 1.49. The second-order valence-electron chi connectivity index (χ2n) is 6.29. The minimum atomic E-state index is -0.735. The van der Waals surface area contributed by atoms with Crippen molar-refractivity contribution in [1.29, 1.82) is 0 Å². The van der Waals surface area contributed by atoms with Gasteiger partial charge in [-0.2, -0.15) is 0 Å². The number of hydrogen-bond acceptors (Lipinski definition) is 6. The largest absolute Gasteiger partial charge is 0.497 e. The van der Waals surface area contributed by atoms with Crippen LogP contribution in [0.25, 0.3) is 22.5 Å². The molecule has 0 atom stereocenters. The molecule has 0 aliphatic carbocycles. The SMILES string of the molecule is COc1cccc(C(=O)Oc2c(-c3ccco3)oc3cc(C)c(Cl)cc3c2=O)c1. The predicted octanol–water partition coefficient (Wildman–Crippen LogP) is 5.24. The van der Waals surface area contributed by atoms with E-state index in [1.54, 1.807) is 43.3 Å². The Kier molecular flexibility index (Phi) is 4.86.